The van der Waals surface area contributed by atoms with Crippen LogP contribution in [0, 0.1) is 0 Å². The minimum Gasteiger partial charge on any atom is -0.348 e. The summed E-state index contributed by atoms with van der Waals surface area (Å²) in [5.41, 5.74) is 1.21. The van der Waals surface area contributed by atoms with Gasteiger partial charge < -0.3 is 10.2 Å². The second kappa shape index (κ2) is 5.57. The van der Waals surface area contributed by atoms with Crippen molar-refractivity contribution in [2.75, 3.05) is 11.9 Å². The molecule has 0 atom stereocenters. The second-order valence-corrected chi connectivity index (χ2v) is 6.52. The molecule has 4 heteroatoms. The van der Waals surface area contributed by atoms with E-state index in [0.29, 0.717) is 6.04 Å². The van der Waals surface area contributed by atoms with Crippen LogP contribution in [0.3, 0.4) is 0 Å². The Morgan fingerprint density at radius 2 is 2.06 bits per heavy atom. The molecule has 3 rings (SSSR count). The zero-order valence-corrected chi connectivity index (χ0v) is 12.0. The molecule has 0 unspecified atom stereocenters. The van der Waals surface area contributed by atoms with Gasteiger partial charge in [-0.1, -0.05) is 19.3 Å². The SMILES string of the molecule is CN(c1nc(CNC2CC2)cs1)C1CCCCC1. The summed E-state index contributed by atoms with van der Waals surface area (Å²) in [4.78, 5) is 7.17. The fraction of sp³-hybridized carbons (Fsp3) is 0.786. The zero-order valence-electron chi connectivity index (χ0n) is 11.2. The highest BCUT2D eigenvalue weighted by molar-refractivity contribution is 7.13. The topological polar surface area (TPSA) is 28.2 Å². The Hall–Kier alpha value is -0.610. The van der Waals surface area contributed by atoms with Crippen molar-refractivity contribution in [2.24, 2.45) is 0 Å². The molecule has 100 valence electrons. The van der Waals surface area contributed by atoms with Crippen LogP contribution in [0.4, 0.5) is 5.13 Å². The van der Waals surface area contributed by atoms with Crippen molar-refractivity contribution in [1.29, 1.82) is 0 Å². The average Bonchev–Trinajstić information content (AvgIpc) is 3.14. The lowest BCUT2D eigenvalue weighted by Crippen LogP contribution is -2.33. The summed E-state index contributed by atoms with van der Waals surface area (Å²) >= 11 is 1.80. The lowest BCUT2D eigenvalue weighted by atomic mass is 9.95. The van der Waals surface area contributed by atoms with E-state index in [1.807, 2.05) is 0 Å². The monoisotopic (exact) mass is 265 g/mol. The predicted molar refractivity (Wildman–Crippen MR) is 77.3 cm³/mol. The third-order valence-corrected chi connectivity index (χ3v) is 5.09. The quantitative estimate of drug-likeness (QED) is 0.886. The molecule has 0 aliphatic heterocycles. The Morgan fingerprint density at radius 3 is 2.78 bits per heavy atom. The van der Waals surface area contributed by atoms with Crippen LogP contribution in [0.1, 0.15) is 50.6 Å². The van der Waals surface area contributed by atoms with E-state index < -0.39 is 0 Å². The van der Waals surface area contributed by atoms with E-state index in [0.717, 1.165) is 12.6 Å². The minimum absolute atomic E-state index is 0.717. The van der Waals surface area contributed by atoms with Gasteiger partial charge in [-0.25, -0.2) is 4.98 Å². The maximum absolute atomic E-state index is 4.77. The number of nitrogens with one attached hydrogen (secondary N) is 1. The Kier molecular flexibility index (Phi) is 3.85. The van der Waals surface area contributed by atoms with Gasteiger partial charge in [-0.3, -0.25) is 0 Å². The molecule has 2 fully saturated rings. The van der Waals surface area contributed by atoms with E-state index >= 15 is 0 Å². The van der Waals surface area contributed by atoms with Crippen LogP contribution in [-0.4, -0.2) is 24.1 Å². The van der Waals surface area contributed by atoms with Crippen LogP contribution in [-0.2, 0) is 6.54 Å². The first-order valence-corrected chi connectivity index (χ1v) is 8.11. The standard InChI is InChI=1S/C14H23N3S/c1-17(13-5-3-2-4-6-13)14-16-12(10-18-14)9-15-11-7-8-11/h10-11,13,15H,2-9H2,1H3. The largest absolute Gasteiger partial charge is 0.348 e. The van der Waals surface area contributed by atoms with E-state index in [1.165, 1.54) is 55.8 Å². The molecule has 2 saturated carbocycles. The van der Waals surface area contributed by atoms with Gasteiger partial charge in [0.1, 0.15) is 0 Å². The van der Waals surface area contributed by atoms with E-state index in [9.17, 15) is 0 Å². The molecular weight excluding hydrogens is 242 g/mol. The van der Waals surface area contributed by atoms with Crippen LogP contribution in [0.2, 0.25) is 0 Å². The molecular formula is C14H23N3S. The van der Waals surface area contributed by atoms with Crippen LogP contribution in [0.5, 0.6) is 0 Å². The van der Waals surface area contributed by atoms with Gasteiger partial charge >= 0.3 is 0 Å². The van der Waals surface area contributed by atoms with E-state index in [4.69, 9.17) is 4.98 Å². The normalized spacial score (nSPS) is 21.2. The maximum atomic E-state index is 4.77. The van der Waals surface area contributed by atoms with Crippen molar-refractivity contribution in [3.63, 3.8) is 0 Å². The Balaban J connectivity index is 1.56. The third kappa shape index (κ3) is 3.04. The van der Waals surface area contributed by atoms with Crippen molar-refractivity contribution in [1.82, 2.24) is 10.3 Å². The molecule has 0 aromatic carbocycles. The van der Waals surface area contributed by atoms with Gasteiger partial charge in [-0.15, -0.1) is 11.3 Å². The average molecular weight is 265 g/mol. The molecule has 2 aliphatic carbocycles. The molecule has 1 heterocycles. The van der Waals surface area contributed by atoms with Crippen LogP contribution < -0.4 is 10.2 Å². The molecule has 1 aromatic rings. The fourth-order valence-electron chi connectivity index (χ4n) is 2.70. The molecule has 0 saturated heterocycles. The van der Waals surface area contributed by atoms with Gasteiger partial charge in [0.05, 0.1) is 5.69 Å². The molecule has 0 bridgehead atoms. The summed E-state index contributed by atoms with van der Waals surface area (Å²) in [6.07, 6.45) is 9.56. The first-order valence-electron chi connectivity index (χ1n) is 7.23. The summed E-state index contributed by atoms with van der Waals surface area (Å²) < 4.78 is 0. The van der Waals surface area contributed by atoms with Gasteiger partial charge in [0.25, 0.3) is 0 Å². The van der Waals surface area contributed by atoms with E-state index in [1.54, 1.807) is 11.3 Å². The second-order valence-electron chi connectivity index (χ2n) is 5.68. The fourth-order valence-corrected chi connectivity index (χ4v) is 3.56. The Labute approximate surface area is 114 Å². The lowest BCUT2D eigenvalue weighted by Gasteiger charge is -2.30. The Bertz CT molecular complexity index is 380. The number of nitrogens with zero attached hydrogens (tertiary/aromatic N) is 2. The Morgan fingerprint density at radius 1 is 1.28 bits per heavy atom. The van der Waals surface area contributed by atoms with E-state index in [2.05, 4.69) is 22.6 Å². The first-order chi connectivity index (χ1) is 8.83. The highest BCUT2D eigenvalue weighted by atomic mass is 32.1. The lowest BCUT2D eigenvalue weighted by molar-refractivity contribution is 0.427. The number of aromatic nitrogens is 1. The van der Waals surface area contributed by atoms with Crippen molar-refractivity contribution >= 4 is 16.5 Å². The number of anilines is 1. The molecule has 1 N–H and O–H groups in total. The van der Waals surface area contributed by atoms with Crippen LogP contribution >= 0.6 is 11.3 Å². The summed E-state index contributed by atoms with van der Waals surface area (Å²) in [6.45, 7) is 0.944. The number of hydrogen-bond acceptors (Lipinski definition) is 4. The zero-order chi connectivity index (χ0) is 12.4. The number of hydrogen-bond donors (Lipinski definition) is 1. The summed E-state index contributed by atoms with van der Waals surface area (Å²) in [5, 5.41) is 6.95. The van der Waals surface area contributed by atoms with Gasteiger partial charge in [-0.05, 0) is 25.7 Å². The highest BCUT2D eigenvalue weighted by Crippen LogP contribution is 2.28. The van der Waals surface area contributed by atoms with Crippen molar-refractivity contribution in [3.05, 3.63) is 11.1 Å². The van der Waals surface area contributed by atoms with Gasteiger partial charge in [0.15, 0.2) is 5.13 Å². The molecule has 0 spiro atoms. The van der Waals surface area contributed by atoms with Gasteiger partial charge in [0, 0.05) is 31.1 Å². The molecule has 0 amide bonds. The van der Waals surface area contributed by atoms with Crippen molar-refractivity contribution < 1.29 is 0 Å². The molecule has 3 nitrogen and oxygen atoms in total. The maximum Gasteiger partial charge on any atom is 0.185 e. The smallest absolute Gasteiger partial charge is 0.185 e. The van der Waals surface area contributed by atoms with Gasteiger partial charge in [0.2, 0.25) is 0 Å². The first kappa shape index (κ1) is 12.4. The summed E-state index contributed by atoms with van der Waals surface area (Å²) in [5.74, 6) is 0. The van der Waals surface area contributed by atoms with E-state index in [-0.39, 0.29) is 0 Å². The highest BCUT2D eigenvalue weighted by Gasteiger charge is 2.22. The third-order valence-electron chi connectivity index (χ3n) is 4.11. The van der Waals surface area contributed by atoms with Crippen LogP contribution in [0.25, 0.3) is 0 Å². The number of thiazole rings is 1. The number of rotatable bonds is 5. The molecule has 0 radical (unpaired) electrons. The van der Waals surface area contributed by atoms with Crippen LogP contribution in [0.15, 0.2) is 5.38 Å². The predicted octanol–water partition coefficient (Wildman–Crippen LogP) is 3.16. The molecule has 18 heavy (non-hydrogen) atoms. The summed E-state index contributed by atoms with van der Waals surface area (Å²) in [7, 11) is 2.22. The van der Waals surface area contributed by atoms with Crippen molar-refractivity contribution in [2.45, 2.75) is 63.6 Å². The van der Waals surface area contributed by atoms with Crippen molar-refractivity contribution in [3.8, 4) is 0 Å². The molecule has 1 aromatic heterocycles. The van der Waals surface area contributed by atoms with Gasteiger partial charge in [-0.2, -0.15) is 0 Å². The summed E-state index contributed by atoms with van der Waals surface area (Å²) in [6, 6.07) is 1.49. The molecule has 2 aliphatic rings. The minimum atomic E-state index is 0.717.